The van der Waals surface area contributed by atoms with Crippen LogP contribution in [-0.4, -0.2) is 43.8 Å². The van der Waals surface area contributed by atoms with Gasteiger partial charge in [0.15, 0.2) is 0 Å². The quantitative estimate of drug-likeness (QED) is 0.664. The first-order chi connectivity index (χ1) is 10.0. The van der Waals surface area contributed by atoms with Crippen LogP contribution >= 0.6 is 0 Å². The predicted octanol–water partition coefficient (Wildman–Crippen LogP) is 1.10. The minimum atomic E-state index is -1.07. The van der Waals surface area contributed by atoms with Crippen molar-refractivity contribution in [1.29, 1.82) is 0 Å². The van der Waals surface area contributed by atoms with Gasteiger partial charge in [-0.05, 0) is 18.7 Å². The van der Waals surface area contributed by atoms with E-state index in [2.05, 4.69) is 10.6 Å². The van der Waals surface area contributed by atoms with Gasteiger partial charge in [0, 0.05) is 6.07 Å². The number of amides is 1. The molecule has 0 fully saturated rings. The van der Waals surface area contributed by atoms with E-state index in [4.69, 9.17) is 14.6 Å². The number of carbonyl (C=O) groups is 2. The lowest BCUT2D eigenvalue weighted by Crippen LogP contribution is -2.39. The molecule has 0 saturated carbocycles. The fraction of sp³-hybridized carbons (Fsp3) is 0.429. The molecule has 1 aromatic rings. The van der Waals surface area contributed by atoms with Crippen LogP contribution in [0.3, 0.4) is 0 Å². The molecule has 3 N–H and O–H groups in total. The molecular weight excluding hydrogens is 276 g/mol. The number of anilines is 1. The third kappa shape index (κ3) is 4.96. The largest absolute Gasteiger partial charge is 0.497 e. The molecule has 7 heteroatoms. The van der Waals surface area contributed by atoms with Crippen molar-refractivity contribution in [2.24, 2.45) is 0 Å². The van der Waals surface area contributed by atoms with Gasteiger partial charge in [0.05, 0.1) is 26.3 Å². The maximum absolute atomic E-state index is 12.0. The minimum Gasteiger partial charge on any atom is -0.497 e. The number of aliphatic carboxylic acids is 1. The average molecular weight is 296 g/mol. The SMILES string of the molecule is CCNC(CC(=O)Nc1cc(OC)ccc1OC)C(=O)O. The van der Waals surface area contributed by atoms with Crippen molar-refractivity contribution < 1.29 is 24.2 Å². The van der Waals surface area contributed by atoms with E-state index in [0.717, 1.165) is 0 Å². The van der Waals surface area contributed by atoms with E-state index in [-0.39, 0.29) is 6.42 Å². The lowest BCUT2D eigenvalue weighted by atomic mass is 10.2. The Bertz CT molecular complexity index is 504. The Morgan fingerprint density at radius 1 is 1.29 bits per heavy atom. The number of ether oxygens (including phenoxy) is 2. The Balaban J connectivity index is 2.79. The van der Waals surface area contributed by atoms with Crippen LogP contribution in [0.15, 0.2) is 18.2 Å². The van der Waals surface area contributed by atoms with Crippen LogP contribution in [0, 0.1) is 0 Å². The van der Waals surface area contributed by atoms with Gasteiger partial charge in [-0.2, -0.15) is 0 Å². The summed E-state index contributed by atoms with van der Waals surface area (Å²) in [5, 5.41) is 14.4. The standard InChI is InChI=1S/C14H20N2O5/c1-4-15-11(14(18)19)8-13(17)16-10-7-9(20-2)5-6-12(10)21-3/h5-7,11,15H,4,8H2,1-3H3,(H,16,17)(H,18,19). The molecule has 1 amide bonds. The zero-order chi connectivity index (χ0) is 15.8. The van der Waals surface area contributed by atoms with E-state index >= 15 is 0 Å². The van der Waals surface area contributed by atoms with Gasteiger partial charge >= 0.3 is 5.97 Å². The van der Waals surface area contributed by atoms with Crippen LogP contribution < -0.4 is 20.1 Å². The Morgan fingerprint density at radius 2 is 2.00 bits per heavy atom. The summed E-state index contributed by atoms with van der Waals surface area (Å²) in [6.07, 6.45) is -0.177. The maximum atomic E-state index is 12.0. The Hall–Kier alpha value is -2.28. The second kappa shape index (κ2) is 8.11. The highest BCUT2D eigenvalue weighted by Crippen LogP contribution is 2.28. The van der Waals surface area contributed by atoms with Gasteiger partial charge in [-0.25, -0.2) is 0 Å². The molecule has 1 unspecified atom stereocenters. The van der Waals surface area contributed by atoms with E-state index in [9.17, 15) is 9.59 Å². The van der Waals surface area contributed by atoms with Crippen LogP contribution in [0.4, 0.5) is 5.69 Å². The van der Waals surface area contributed by atoms with Crippen molar-refractivity contribution in [3.63, 3.8) is 0 Å². The number of carboxylic acids is 1. The van der Waals surface area contributed by atoms with Crippen LogP contribution in [0.2, 0.25) is 0 Å². The van der Waals surface area contributed by atoms with Gasteiger partial charge in [-0.3, -0.25) is 9.59 Å². The number of carboxylic acid groups (broad SMARTS) is 1. The summed E-state index contributed by atoms with van der Waals surface area (Å²) < 4.78 is 10.2. The molecule has 1 rings (SSSR count). The van der Waals surface area contributed by atoms with E-state index in [1.54, 1.807) is 25.1 Å². The first kappa shape index (κ1) is 16.8. The fourth-order valence-corrected chi connectivity index (χ4v) is 1.79. The first-order valence-electron chi connectivity index (χ1n) is 6.49. The molecule has 7 nitrogen and oxygen atoms in total. The highest BCUT2D eigenvalue weighted by atomic mass is 16.5. The number of rotatable bonds is 8. The summed E-state index contributed by atoms with van der Waals surface area (Å²) in [5.74, 6) is -0.452. The molecule has 1 atom stereocenters. The molecule has 1 aromatic carbocycles. The van der Waals surface area contributed by atoms with E-state index < -0.39 is 17.9 Å². The monoisotopic (exact) mass is 296 g/mol. The Kier molecular flexibility index (Phi) is 6.48. The number of nitrogens with one attached hydrogen (secondary N) is 2. The molecule has 116 valence electrons. The summed E-state index contributed by atoms with van der Waals surface area (Å²) in [7, 11) is 3.00. The van der Waals surface area contributed by atoms with E-state index in [1.165, 1.54) is 14.2 Å². The van der Waals surface area contributed by atoms with Crippen LogP contribution in [0.1, 0.15) is 13.3 Å². The molecule has 0 heterocycles. The molecule has 0 radical (unpaired) electrons. The maximum Gasteiger partial charge on any atom is 0.321 e. The lowest BCUT2D eigenvalue weighted by Gasteiger charge is -2.15. The number of hydrogen-bond donors (Lipinski definition) is 3. The molecule has 0 aromatic heterocycles. The highest BCUT2D eigenvalue weighted by molar-refractivity contribution is 5.95. The zero-order valence-corrected chi connectivity index (χ0v) is 12.3. The van der Waals surface area contributed by atoms with Crippen molar-refractivity contribution >= 4 is 17.6 Å². The molecule has 21 heavy (non-hydrogen) atoms. The van der Waals surface area contributed by atoms with Gasteiger partial charge in [0.1, 0.15) is 17.5 Å². The molecule has 0 saturated heterocycles. The topological polar surface area (TPSA) is 96.9 Å². The third-order valence-corrected chi connectivity index (χ3v) is 2.82. The lowest BCUT2D eigenvalue weighted by molar-refractivity contribution is -0.141. The number of likely N-dealkylation sites (N-methyl/N-ethyl adjacent to an activating group) is 1. The summed E-state index contributed by atoms with van der Waals surface area (Å²) in [6.45, 7) is 2.24. The van der Waals surface area contributed by atoms with Crippen LogP contribution in [0.25, 0.3) is 0 Å². The Labute approximate surface area is 123 Å². The van der Waals surface area contributed by atoms with E-state index in [0.29, 0.717) is 23.7 Å². The number of hydrogen-bond acceptors (Lipinski definition) is 5. The summed E-state index contributed by atoms with van der Waals surface area (Å²) >= 11 is 0. The van der Waals surface area contributed by atoms with Crippen molar-refractivity contribution in [2.45, 2.75) is 19.4 Å². The number of methoxy groups -OCH3 is 2. The van der Waals surface area contributed by atoms with Crippen LogP contribution in [0.5, 0.6) is 11.5 Å². The smallest absolute Gasteiger partial charge is 0.321 e. The second-order valence-corrected chi connectivity index (χ2v) is 4.27. The van der Waals surface area contributed by atoms with Crippen LogP contribution in [-0.2, 0) is 9.59 Å². The van der Waals surface area contributed by atoms with E-state index in [1.807, 2.05) is 0 Å². The fourth-order valence-electron chi connectivity index (χ4n) is 1.79. The molecule has 0 aliphatic heterocycles. The van der Waals surface area contributed by atoms with Gasteiger partial charge in [-0.1, -0.05) is 6.92 Å². The van der Waals surface area contributed by atoms with Gasteiger partial charge in [0.2, 0.25) is 5.91 Å². The highest BCUT2D eigenvalue weighted by Gasteiger charge is 2.20. The van der Waals surface area contributed by atoms with Gasteiger partial charge in [0.25, 0.3) is 0 Å². The third-order valence-electron chi connectivity index (χ3n) is 2.82. The summed E-state index contributed by atoms with van der Waals surface area (Å²) in [5.41, 5.74) is 0.433. The molecule has 0 spiro atoms. The molecule has 0 aliphatic rings. The normalized spacial score (nSPS) is 11.6. The van der Waals surface area contributed by atoms with Crippen molar-refractivity contribution in [1.82, 2.24) is 5.32 Å². The minimum absolute atomic E-state index is 0.177. The number of benzene rings is 1. The predicted molar refractivity (Wildman–Crippen MR) is 77.9 cm³/mol. The molecule has 0 bridgehead atoms. The van der Waals surface area contributed by atoms with Crippen molar-refractivity contribution in [3.8, 4) is 11.5 Å². The average Bonchev–Trinajstić information content (AvgIpc) is 2.46. The zero-order valence-electron chi connectivity index (χ0n) is 12.3. The summed E-state index contributed by atoms with van der Waals surface area (Å²) in [6, 6.07) is 4.05. The second-order valence-electron chi connectivity index (χ2n) is 4.27. The number of carbonyl (C=O) groups excluding carboxylic acids is 1. The van der Waals surface area contributed by atoms with Crippen molar-refractivity contribution in [3.05, 3.63) is 18.2 Å². The van der Waals surface area contributed by atoms with Gasteiger partial charge < -0.3 is 25.2 Å². The molecular formula is C14H20N2O5. The van der Waals surface area contributed by atoms with Gasteiger partial charge in [-0.15, -0.1) is 0 Å². The van der Waals surface area contributed by atoms with Crippen molar-refractivity contribution in [2.75, 3.05) is 26.1 Å². The Morgan fingerprint density at radius 3 is 2.52 bits per heavy atom. The first-order valence-corrected chi connectivity index (χ1v) is 6.49. The summed E-state index contributed by atoms with van der Waals surface area (Å²) in [4.78, 5) is 23.0. The molecule has 0 aliphatic carbocycles.